The second kappa shape index (κ2) is 4.80. The lowest BCUT2D eigenvalue weighted by molar-refractivity contribution is 0.125. The molecule has 0 amide bonds. The summed E-state index contributed by atoms with van der Waals surface area (Å²) < 4.78 is 0. The first kappa shape index (κ1) is 12.4. The number of benzene rings is 2. The van der Waals surface area contributed by atoms with Gasteiger partial charge in [-0.25, -0.2) is 0 Å². The lowest BCUT2D eigenvalue weighted by Gasteiger charge is -2.11. The SMILES string of the molecule is OCC1(CO)[C@@H](c2ccccc2)[C@@H]1c1ccccc1. The summed E-state index contributed by atoms with van der Waals surface area (Å²) in [6.45, 7) is 0.0330. The maximum absolute atomic E-state index is 9.76. The van der Waals surface area contributed by atoms with Gasteiger partial charge in [-0.15, -0.1) is 0 Å². The van der Waals surface area contributed by atoms with Crippen LogP contribution in [0.3, 0.4) is 0 Å². The first-order chi connectivity index (χ1) is 9.33. The summed E-state index contributed by atoms with van der Waals surface area (Å²) in [4.78, 5) is 0. The predicted molar refractivity (Wildman–Crippen MR) is 75.0 cm³/mol. The Labute approximate surface area is 113 Å². The van der Waals surface area contributed by atoms with Crippen LogP contribution in [0.5, 0.6) is 0 Å². The summed E-state index contributed by atoms with van der Waals surface area (Å²) in [6, 6.07) is 20.3. The zero-order chi connectivity index (χ0) is 13.3. The van der Waals surface area contributed by atoms with Crippen LogP contribution in [0.25, 0.3) is 0 Å². The van der Waals surface area contributed by atoms with Crippen molar-refractivity contribution in [2.24, 2.45) is 5.41 Å². The molecule has 1 aliphatic rings. The number of aliphatic hydroxyl groups excluding tert-OH is 2. The molecule has 2 aromatic rings. The van der Waals surface area contributed by atoms with Gasteiger partial charge in [-0.2, -0.15) is 0 Å². The average molecular weight is 254 g/mol. The number of rotatable bonds is 4. The van der Waals surface area contributed by atoms with Gasteiger partial charge in [0.2, 0.25) is 0 Å². The van der Waals surface area contributed by atoms with Crippen molar-refractivity contribution in [1.29, 1.82) is 0 Å². The van der Waals surface area contributed by atoms with E-state index in [1.54, 1.807) is 0 Å². The van der Waals surface area contributed by atoms with Gasteiger partial charge in [0.15, 0.2) is 0 Å². The Morgan fingerprint density at radius 1 is 0.684 bits per heavy atom. The molecule has 0 aromatic heterocycles. The molecule has 0 aliphatic heterocycles. The van der Waals surface area contributed by atoms with Gasteiger partial charge in [0.05, 0.1) is 13.2 Å². The van der Waals surface area contributed by atoms with Crippen molar-refractivity contribution in [3.8, 4) is 0 Å². The van der Waals surface area contributed by atoms with E-state index in [0.717, 1.165) is 0 Å². The molecule has 0 heterocycles. The van der Waals surface area contributed by atoms with E-state index in [9.17, 15) is 10.2 Å². The van der Waals surface area contributed by atoms with Crippen LogP contribution in [0.2, 0.25) is 0 Å². The van der Waals surface area contributed by atoms with Crippen LogP contribution in [0.4, 0.5) is 0 Å². The van der Waals surface area contributed by atoms with Crippen molar-refractivity contribution in [3.05, 3.63) is 71.8 Å². The summed E-state index contributed by atoms with van der Waals surface area (Å²) in [5, 5.41) is 19.5. The molecule has 0 radical (unpaired) electrons. The molecule has 98 valence electrons. The summed E-state index contributed by atoms with van der Waals surface area (Å²) >= 11 is 0. The maximum Gasteiger partial charge on any atom is 0.0521 e. The number of hydrogen-bond acceptors (Lipinski definition) is 2. The largest absolute Gasteiger partial charge is 0.396 e. The molecule has 1 aliphatic carbocycles. The smallest absolute Gasteiger partial charge is 0.0521 e. The number of hydrogen-bond donors (Lipinski definition) is 2. The molecule has 2 nitrogen and oxygen atoms in total. The molecule has 0 saturated heterocycles. The molecular formula is C17H18O2. The Morgan fingerprint density at radius 3 is 1.37 bits per heavy atom. The molecule has 2 N–H and O–H groups in total. The Hall–Kier alpha value is -1.64. The van der Waals surface area contributed by atoms with Crippen LogP contribution >= 0.6 is 0 Å². The molecular weight excluding hydrogens is 236 g/mol. The summed E-state index contributed by atoms with van der Waals surface area (Å²) in [6.07, 6.45) is 0. The third kappa shape index (κ3) is 1.88. The third-order valence-corrected chi connectivity index (χ3v) is 4.37. The van der Waals surface area contributed by atoms with E-state index in [4.69, 9.17) is 0 Å². The highest BCUT2D eigenvalue weighted by atomic mass is 16.3. The molecule has 2 aromatic carbocycles. The van der Waals surface area contributed by atoms with Crippen LogP contribution < -0.4 is 0 Å². The highest BCUT2D eigenvalue weighted by molar-refractivity contribution is 5.43. The Balaban J connectivity index is 2.00. The van der Waals surface area contributed by atoms with Gasteiger partial charge in [-0.05, 0) is 11.1 Å². The minimum absolute atomic E-state index is 0.0165. The Kier molecular flexibility index (Phi) is 3.13. The van der Waals surface area contributed by atoms with Crippen molar-refractivity contribution < 1.29 is 10.2 Å². The fraction of sp³-hybridized carbons (Fsp3) is 0.294. The normalized spacial score (nSPS) is 24.1. The molecule has 0 spiro atoms. The first-order valence-corrected chi connectivity index (χ1v) is 6.65. The van der Waals surface area contributed by atoms with Crippen molar-refractivity contribution in [1.82, 2.24) is 0 Å². The summed E-state index contributed by atoms with van der Waals surface area (Å²) in [5.41, 5.74) is 1.97. The second-order valence-electron chi connectivity index (χ2n) is 5.33. The minimum Gasteiger partial charge on any atom is -0.396 e. The third-order valence-electron chi connectivity index (χ3n) is 4.37. The summed E-state index contributed by atoms with van der Waals surface area (Å²) in [5.74, 6) is 0.400. The van der Waals surface area contributed by atoms with E-state index in [2.05, 4.69) is 24.3 Å². The maximum atomic E-state index is 9.76. The number of aliphatic hydroxyl groups is 2. The van der Waals surface area contributed by atoms with Gasteiger partial charge in [-0.3, -0.25) is 0 Å². The van der Waals surface area contributed by atoms with Crippen molar-refractivity contribution in [2.75, 3.05) is 13.2 Å². The van der Waals surface area contributed by atoms with Crippen molar-refractivity contribution >= 4 is 0 Å². The molecule has 1 fully saturated rings. The lowest BCUT2D eigenvalue weighted by Crippen LogP contribution is -2.16. The monoisotopic (exact) mass is 254 g/mol. The van der Waals surface area contributed by atoms with Gasteiger partial charge in [0.25, 0.3) is 0 Å². The van der Waals surface area contributed by atoms with Crippen molar-refractivity contribution in [2.45, 2.75) is 11.8 Å². The van der Waals surface area contributed by atoms with E-state index < -0.39 is 5.41 Å². The van der Waals surface area contributed by atoms with E-state index in [0.29, 0.717) is 0 Å². The lowest BCUT2D eigenvalue weighted by atomic mass is 10.00. The minimum atomic E-state index is -0.414. The zero-order valence-corrected chi connectivity index (χ0v) is 10.7. The van der Waals surface area contributed by atoms with Crippen molar-refractivity contribution in [3.63, 3.8) is 0 Å². The van der Waals surface area contributed by atoms with Crippen LogP contribution in [0.1, 0.15) is 23.0 Å². The summed E-state index contributed by atoms with van der Waals surface area (Å²) in [7, 11) is 0. The fourth-order valence-electron chi connectivity index (χ4n) is 3.30. The van der Waals surface area contributed by atoms with Gasteiger partial charge in [0, 0.05) is 17.3 Å². The van der Waals surface area contributed by atoms with Gasteiger partial charge >= 0.3 is 0 Å². The van der Waals surface area contributed by atoms with E-state index in [-0.39, 0.29) is 25.0 Å². The van der Waals surface area contributed by atoms with E-state index >= 15 is 0 Å². The molecule has 19 heavy (non-hydrogen) atoms. The van der Waals surface area contributed by atoms with Crippen LogP contribution in [0.15, 0.2) is 60.7 Å². The zero-order valence-electron chi connectivity index (χ0n) is 10.7. The van der Waals surface area contributed by atoms with Crippen LogP contribution in [-0.2, 0) is 0 Å². The average Bonchev–Trinajstić information content (AvgIpc) is 3.18. The van der Waals surface area contributed by atoms with E-state index in [1.807, 2.05) is 36.4 Å². The predicted octanol–water partition coefficient (Wildman–Crippen LogP) is 2.54. The molecule has 0 unspecified atom stereocenters. The van der Waals surface area contributed by atoms with Gasteiger partial charge < -0.3 is 10.2 Å². The Morgan fingerprint density at radius 2 is 1.05 bits per heavy atom. The molecule has 3 rings (SSSR count). The Bertz CT molecular complexity index is 484. The van der Waals surface area contributed by atoms with Gasteiger partial charge in [0.1, 0.15) is 0 Å². The highest BCUT2D eigenvalue weighted by Gasteiger charge is 2.64. The second-order valence-corrected chi connectivity index (χ2v) is 5.33. The molecule has 1 saturated carbocycles. The fourth-order valence-corrected chi connectivity index (χ4v) is 3.30. The topological polar surface area (TPSA) is 40.5 Å². The molecule has 2 heteroatoms. The van der Waals surface area contributed by atoms with Crippen LogP contribution in [0, 0.1) is 5.41 Å². The molecule has 2 atom stereocenters. The first-order valence-electron chi connectivity index (χ1n) is 6.65. The quantitative estimate of drug-likeness (QED) is 0.880. The highest BCUT2D eigenvalue weighted by Crippen LogP contribution is 2.69. The van der Waals surface area contributed by atoms with E-state index in [1.165, 1.54) is 11.1 Å². The van der Waals surface area contributed by atoms with Gasteiger partial charge in [-0.1, -0.05) is 60.7 Å². The standard InChI is InChI=1S/C17H18O2/c18-11-17(12-19)15(13-7-3-1-4-8-13)16(17)14-9-5-2-6-10-14/h1-10,15-16,18-19H,11-12H2/t15-,16-/m0/s1. The molecule has 0 bridgehead atoms. The van der Waals surface area contributed by atoms with Crippen LogP contribution in [-0.4, -0.2) is 23.4 Å².